The lowest BCUT2D eigenvalue weighted by atomic mass is 10.3. The van der Waals surface area contributed by atoms with Gasteiger partial charge in [0.1, 0.15) is 0 Å². The number of para-hydroxylation sites is 2. The number of hydrogen-bond acceptors (Lipinski definition) is 0. The van der Waals surface area contributed by atoms with Crippen molar-refractivity contribution in [3.05, 3.63) is 30.1 Å². The van der Waals surface area contributed by atoms with Gasteiger partial charge in [0.15, 0.2) is 11.0 Å². The maximum Gasteiger partial charge on any atom is 0.251 e. The summed E-state index contributed by atoms with van der Waals surface area (Å²) in [4.78, 5) is 3.29. The Bertz CT molecular complexity index is 387. The van der Waals surface area contributed by atoms with Crippen LogP contribution in [0.3, 0.4) is 0 Å². The molecule has 1 aromatic carbocycles. The van der Waals surface area contributed by atoms with Crippen molar-refractivity contribution in [2.45, 2.75) is 6.92 Å². The molecule has 2 aromatic rings. The third-order valence-electron chi connectivity index (χ3n) is 2.08. The van der Waals surface area contributed by atoms with E-state index in [9.17, 15) is 0 Å². The molecule has 0 unspecified atom stereocenters. The van der Waals surface area contributed by atoms with Crippen molar-refractivity contribution in [1.29, 1.82) is 0 Å². The quantitative estimate of drug-likeness (QED) is 0.542. The van der Waals surface area contributed by atoms with E-state index in [2.05, 4.69) is 41.7 Å². The lowest BCUT2D eigenvalue weighted by molar-refractivity contribution is -0.651. The van der Waals surface area contributed by atoms with Crippen molar-refractivity contribution in [2.24, 2.45) is 7.05 Å². The second-order valence-electron chi connectivity index (χ2n) is 2.79. The molecule has 0 radical (unpaired) electrons. The summed E-state index contributed by atoms with van der Waals surface area (Å²) in [5.74, 6) is 1.19. The van der Waals surface area contributed by atoms with Crippen LogP contribution in [-0.2, 0) is 7.05 Å². The van der Waals surface area contributed by atoms with Gasteiger partial charge in [-0.3, -0.25) is 0 Å². The van der Waals surface area contributed by atoms with E-state index < -0.39 is 0 Å². The van der Waals surface area contributed by atoms with Gasteiger partial charge in [0.05, 0.1) is 7.05 Å². The van der Waals surface area contributed by atoms with Crippen LogP contribution < -0.4 is 4.57 Å². The molecule has 1 N–H and O–H groups in total. The van der Waals surface area contributed by atoms with Crippen LogP contribution in [0.1, 0.15) is 5.82 Å². The average Bonchev–Trinajstić information content (AvgIpc) is 2.30. The summed E-state index contributed by atoms with van der Waals surface area (Å²) in [7, 11) is 2.06. The van der Waals surface area contributed by atoms with E-state index in [1.54, 1.807) is 0 Å². The first-order valence-electron chi connectivity index (χ1n) is 3.72. The van der Waals surface area contributed by atoms with Crippen molar-refractivity contribution in [2.75, 3.05) is 0 Å². The first-order valence-corrected chi connectivity index (χ1v) is 3.72. The van der Waals surface area contributed by atoms with Gasteiger partial charge in [-0.1, -0.05) is 12.1 Å². The van der Waals surface area contributed by atoms with Gasteiger partial charge in [-0.2, -0.15) is 0 Å². The highest BCUT2D eigenvalue weighted by Crippen LogP contribution is 2.06. The second-order valence-corrected chi connectivity index (χ2v) is 2.79. The number of rotatable bonds is 0. The minimum Gasteiger partial charge on any atom is -0.241 e. The predicted octanol–water partition coefficient (Wildman–Crippen LogP) is 1.30. The fraction of sp³-hybridized carbons (Fsp3) is 0.222. The average molecular weight is 147 g/mol. The highest BCUT2D eigenvalue weighted by atomic mass is 15.0. The maximum atomic E-state index is 3.29. The first kappa shape index (κ1) is 6.40. The molecule has 2 rings (SSSR count). The van der Waals surface area contributed by atoms with Crippen molar-refractivity contribution < 1.29 is 4.57 Å². The first-order chi connectivity index (χ1) is 5.29. The molecule has 0 saturated heterocycles. The van der Waals surface area contributed by atoms with Crippen LogP contribution in [0, 0.1) is 6.92 Å². The molecule has 0 aliphatic heterocycles. The van der Waals surface area contributed by atoms with Gasteiger partial charge < -0.3 is 0 Å². The Hall–Kier alpha value is -1.31. The lowest BCUT2D eigenvalue weighted by Gasteiger charge is -1.85. The Morgan fingerprint density at radius 1 is 1.27 bits per heavy atom. The summed E-state index contributed by atoms with van der Waals surface area (Å²) < 4.78 is 2.15. The zero-order valence-electron chi connectivity index (χ0n) is 6.76. The van der Waals surface area contributed by atoms with Gasteiger partial charge in [-0.15, -0.1) is 0 Å². The minimum atomic E-state index is 1.19. The van der Waals surface area contributed by atoms with Gasteiger partial charge in [0.25, 0.3) is 5.82 Å². The summed E-state index contributed by atoms with van der Waals surface area (Å²) in [5, 5.41) is 0. The summed E-state index contributed by atoms with van der Waals surface area (Å²) >= 11 is 0. The Morgan fingerprint density at radius 3 is 2.73 bits per heavy atom. The van der Waals surface area contributed by atoms with Crippen LogP contribution >= 0.6 is 0 Å². The second kappa shape index (κ2) is 2.09. The van der Waals surface area contributed by atoms with Crippen molar-refractivity contribution in [3.8, 4) is 0 Å². The smallest absolute Gasteiger partial charge is 0.241 e. The Balaban J connectivity index is 2.92. The fourth-order valence-electron chi connectivity index (χ4n) is 1.33. The van der Waals surface area contributed by atoms with E-state index in [0.29, 0.717) is 0 Å². The molecule has 1 heterocycles. The molecule has 2 heteroatoms. The highest BCUT2D eigenvalue weighted by molar-refractivity contribution is 5.70. The van der Waals surface area contributed by atoms with Crippen LogP contribution in [0.25, 0.3) is 11.0 Å². The number of nitrogens with zero attached hydrogens (tertiary/aromatic N) is 1. The van der Waals surface area contributed by atoms with Crippen LogP contribution in [0.15, 0.2) is 24.3 Å². The monoisotopic (exact) mass is 147 g/mol. The topological polar surface area (TPSA) is 19.7 Å². The SMILES string of the molecule is Cc1[nH]c2ccccc2[n+]1C. The van der Waals surface area contributed by atoms with E-state index in [1.807, 2.05) is 6.07 Å². The molecule has 0 aliphatic carbocycles. The molecule has 0 aliphatic rings. The van der Waals surface area contributed by atoms with Crippen molar-refractivity contribution >= 4 is 11.0 Å². The van der Waals surface area contributed by atoms with Gasteiger partial charge in [-0.25, -0.2) is 9.55 Å². The van der Waals surface area contributed by atoms with Gasteiger partial charge in [-0.05, 0) is 12.1 Å². The van der Waals surface area contributed by atoms with E-state index in [0.717, 1.165) is 0 Å². The Morgan fingerprint density at radius 2 is 2.00 bits per heavy atom. The zero-order valence-corrected chi connectivity index (χ0v) is 6.76. The number of fused-ring (bicyclic) bond motifs is 1. The summed E-state index contributed by atoms with van der Waals surface area (Å²) in [6, 6.07) is 8.29. The van der Waals surface area contributed by atoms with Crippen molar-refractivity contribution in [3.63, 3.8) is 0 Å². The van der Waals surface area contributed by atoms with E-state index >= 15 is 0 Å². The molecule has 11 heavy (non-hydrogen) atoms. The number of imidazole rings is 1. The highest BCUT2D eigenvalue weighted by Gasteiger charge is 2.08. The summed E-state index contributed by atoms with van der Waals surface area (Å²) in [5.41, 5.74) is 2.46. The Labute approximate surface area is 65.5 Å². The fourth-order valence-corrected chi connectivity index (χ4v) is 1.33. The maximum absolute atomic E-state index is 3.29. The number of aromatic nitrogens is 2. The van der Waals surface area contributed by atoms with E-state index in [4.69, 9.17) is 0 Å². The minimum absolute atomic E-state index is 1.19. The number of benzene rings is 1. The molecule has 1 aromatic heterocycles. The normalized spacial score (nSPS) is 10.7. The molecule has 0 spiro atoms. The molecule has 56 valence electrons. The van der Waals surface area contributed by atoms with Crippen LogP contribution in [0.2, 0.25) is 0 Å². The Kier molecular flexibility index (Phi) is 1.22. The molecule has 0 amide bonds. The molecule has 0 atom stereocenters. The van der Waals surface area contributed by atoms with Crippen LogP contribution in [0.5, 0.6) is 0 Å². The third kappa shape index (κ3) is 0.827. The van der Waals surface area contributed by atoms with Gasteiger partial charge in [0.2, 0.25) is 0 Å². The molecule has 0 saturated carbocycles. The van der Waals surface area contributed by atoms with Crippen molar-refractivity contribution in [1.82, 2.24) is 4.98 Å². The number of H-pyrrole nitrogens is 1. The van der Waals surface area contributed by atoms with Crippen LogP contribution in [-0.4, -0.2) is 4.98 Å². The molecular formula is C9H11N2+. The van der Waals surface area contributed by atoms with Gasteiger partial charge >= 0.3 is 0 Å². The lowest BCUT2D eigenvalue weighted by Crippen LogP contribution is -2.29. The third-order valence-corrected chi connectivity index (χ3v) is 2.08. The number of hydrogen-bond donors (Lipinski definition) is 1. The molecule has 0 bridgehead atoms. The van der Waals surface area contributed by atoms with E-state index in [-0.39, 0.29) is 0 Å². The molecular weight excluding hydrogens is 136 g/mol. The van der Waals surface area contributed by atoms with Crippen LogP contribution in [0.4, 0.5) is 0 Å². The number of aryl methyl sites for hydroxylation is 2. The number of aromatic amines is 1. The van der Waals surface area contributed by atoms with E-state index in [1.165, 1.54) is 16.9 Å². The summed E-state index contributed by atoms with van der Waals surface area (Å²) in [6.45, 7) is 2.07. The largest absolute Gasteiger partial charge is 0.251 e. The zero-order chi connectivity index (χ0) is 7.84. The standard InChI is InChI=1S/C9H10N2/c1-7-10-8-5-3-4-6-9(8)11(7)2/h3-6H,1-2H3/p+1. The number of nitrogens with one attached hydrogen (secondary N) is 1. The van der Waals surface area contributed by atoms with Gasteiger partial charge in [0, 0.05) is 6.92 Å². The predicted molar refractivity (Wildman–Crippen MR) is 44.2 cm³/mol. The summed E-state index contributed by atoms with van der Waals surface area (Å²) in [6.07, 6.45) is 0. The molecule has 0 fully saturated rings. The molecule has 2 nitrogen and oxygen atoms in total.